The highest BCUT2D eigenvalue weighted by Gasteiger charge is 2.18. The van der Waals surface area contributed by atoms with Crippen molar-refractivity contribution in [2.24, 2.45) is 0 Å². The normalized spacial score (nSPS) is 10.6. The van der Waals surface area contributed by atoms with E-state index in [-0.39, 0.29) is 5.69 Å². The summed E-state index contributed by atoms with van der Waals surface area (Å²) in [6, 6.07) is 1.94. The van der Waals surface area contributed by atoms with Gasteiger partial charge in [-0.1, -0.05) is 0 Å². The highest BCUT2D eigenvalue weighted by molar-refractivity contribution is 5.88. The number of rotatable bonds is 2. The summed E-state index contributed by atoms with van der Waals surface area (Å²) in [4.78, 5) is 36.5. The van der Waals surface area contributed by atoms with E-state index < -0.39 is 40.1 Å². The molecule has 6 nitrogen and oxygen atoms in total. The largest absolute Gasteiger partial charge is 0.478 e. The quantitative estimate of drug-likeness (QED) is 0.852. The Hall–Kier alpha value is -2.77. The van der Waals surface area contributed by atoms with E-state index >= 15 is 0 Å². The molecule has 0 radical (unpaired) electrons. The number of benzene rings is 1. The van der Waals surface area contributed by atoms with E-state index in [9.17, 15) is 23.2 Å². The molecule has 0 fully saturated rings. The minimum absolute atomic E-state index is 0.261. The van der Waals surface area contributed by atoms with Gasteiger partial charge in [-0.05, 0) is 13.0 Å². The fourth-order valence-electron chi connectivity index (χ4n) is 1.71. The summed E-state index contributed by atoms with van der Waals surface area (Å²) in [5.41, 5.74) is -3.01. The fraction of sp³-hybridized carbons (Fsp3) is 0.0833. The van der Waals surface area contributed by atoms with Crippen molar-refractivity contribution in [2.45, 2.75) is 6.92 Å². The molecule has 0 atom stereocenters. The first-order valence-corrected chi connectivity index (χ1v) is 5.37. The summed E-state index contributed by atoms with van der Waals surface area (Å²) in [6.45, 7) is 1.46. The molecule has 1 aromatic carbocycles. The van der Waals surface area contributed by atoms with Crippen LogP contribution >= 0.6 is 0 Å². The number of halogens is 2. The number of carboxylic acids is 1. The molecule has 104 valence electrons. The number of nitrogens with one attached hydrogen (secondary N) is 1. The molecule has 0 aliphatic heterocycles. The lowest BCUT2D eigenvalue weighted by atomic mass is 10.1. The van der Waals surface area contributed by atoms with E-state index in [0.29, 0.717) is 16.7 Å². The van der Waals surface area contributed by atoms with Crippen LogP contribution in [0.5, 0.6) is 0 Å². The number of hydrogen-bond donors (Lipinski definition) is 2. The number of H-pyrrole nitrogens is 1. The minimum Gasteiger partial charge on any atom is -0.478 e. The van der Waals surface area contributed by atoms with Gasteiger partial charge in [-0.3, -0.25) is 4.79 Å². The fourth-order valence-corrected chi connectivity index (χ4v) is 1.71. The Balaban J connectivity index is 2.84. The van der Waals surface area contributed by atoms with Crippen LogP contribution in [0.25, 0.3) is 5.69 Å². The highest BCUT2D eigenvalue weighted by Crippen LogP contribution is 2.16. The van der Waals surface area contributed by atoms with Crippen LogP contribution < -0.4 is 11.2 Å². The van der Waals surface area contributed by atoms with Gasteiger partial charge in [0.1, 0.15) is 11.6 Å². The van der Waals surface area contributed by atoms with E-state index in [1.165, 1.54) is 6.92 Å². The maximum absolute atomic E-state index is 13.7. The lowest BCUT2D eigenvalue weighted by Crippen LogP contribution is -2.34. The molecular formula is C12H8F2N2O4. The smallest absolute Gasteiger partial charge is 0.338 e. The summed E-state index contributed by atoms with van der Waals surface area (Å²) in [5.74, 6) is -4.15. The maximum Gasteiger partial charge on any atom is 0.338 e. The molecule has 2 rings (SSSR count). The van der Waals surface area contributed by atoms with Crippen molar-refractivity contribution >= 4 is 5.97 Å². The van der Waals surface area contributed by atoms with E-state index in [2.05, 4.69) is 4.98 Å². The summed E-state index contributed by atoms with van der Waals surface area (Å²) >= 11 is 0. The Morgan fingerprint density at radius 1 is 1.20 bits per heavy atom. The topological polar surface area (TPSA) is 92.2 Å². The van der Waals surface area contributed by atoms with Gasteiger partial charge in [-0.2, -0.15) is 0 Å². The van der Waals surface area contributed by atoms with Crippen molar-refractivity contribution in [3.63, 3.8) is 0 Å². The minimum atomic E-state index is -1.64. The lowest BCUT2D eigenvalue weighted by molar-refractivity contribution is 0.0691. The van der Waals surface area contributed by atoms with Crippen molar-refractivity contribution in [1.82, 2.24) is 9.55 Å². The van der Waals surface area contributed by atoms with Crippen molar-refractivity contribution in [1.29, 1.82) is 0 Å². The lowest BCUT2D eigenvalue weighted by Gasteiger charge is -2.08. The first kappa shape index (κ1) is 13.7. The number of aromatic amines is 1. The van der Waals surface area contributed by atoms with Gasteiger partial charge in [0.15, 0.2) is 0 Å². The second-order valence-corrected chi connectivity index (χ2v) is 4.02. The molecule has 2 N–H and O–H groups in total. The summed E-state index contributed by atoms with van der Waals surface area (Å²) in [7, 11) is 0. The summed E-state index contributed by atoms with van der Waals surface area (Å²) in [5, 5.41) is 8.77. The summed E-state index contributed by atoms with van der Waals surface area (Å²) < 4.78 is 27.4. The highest BCUT2D eigenvalue weighted by atomic mass is 19.1. The molecule has 1 aromatic heterocycles. The summed E-state index contributed by atoms with van der Waals surface area (Å²) in [6.07, 6.45) is 0. The molecule has 0 aliphatic carbocycles. The predicted molar refractivity (Wildman–Crippen MR) is 64.3 cm³/mol. The number of aryl methyl sites for hydroxylation is 1. The zero-order chi connectivity index (χ0) is 15.0. The van der Waals surface area contributed by atoms with Gasteiger partial charge < -0.3 is 10.1 Å². The van der Waals surface area contributed by atoms with Gasteiger partial charge >= 0.3 is 11.7 Å². The molecule has 0 saturated heterocycles. The Morgan fingerprint density at radius 3 is 2.40 bits per heavy atom. The monoisotopic (exact) mass is 282 g/mol. The number of nitrogens with zero attached hydrogens (tertiary/aromatic N) is 1. The van der Waals surface area contributed by atoms with Crippen LogP contribution in [-0.2, 0) is 0 Å². The molecule has 8 heteroatoms. The average Bonchev–Trinajstić information content (AvgIpc) is 2.29. The van der Waals surface area contributed by atoms with Crippen LogP contribution in [0.3, 0.4) is 0 Å². The van der Waals surface area contributed by atoms with Gasteiger partial charge in [0.05, 0.1) is 11.3 Å². The number of carboxylic acid groups (broad SMARTS) is 1. The molecule has 0 bridgehead atoms. The van der Waals surface area contributed by atoms with Crippen LogP contribution in [-0.4, -0.2) is 20.6 Å². The second kappa shape index (κ2) is 4.72. The Kier molecular flexibility index (Phi) is 3.23. The van der Waals surface area contributed by atoms with E-state index in [1.54, 1.807) is 0 Å². The second-order valence-electron chi connectivity index (χ2n) is 4.02. The molecule has 0 amide bonds. The third kappa shape index (κ3) is 2.22. The average molecular weight is 282 g/mol. The van der Waals surface area contributed by atoms with Gasteiger partial charge in [0.2, 0.25) is 0 Å². The van der Waals surface area contributed by atoms with Crippen molar-refractivity contribution in [3.8, 4) is 5.69 Å². The van der Waals surface area contributed by atoms with Crippen molar-refractivity contribution < 1.29 is 18.7 Å². The van der Waals surface area contributed by atoms with Crippen molar-refractivity contribution in [3.05, 3.63) is 61.9 Å². The number of aromatic carboxylic acids is 1. The standard InChI is InChI=1S/C12H8F2N2O4/c1-5-2-10(17)16(12(20)15-5)9-3-6(11(18)19)7(13)4-8(9)14/h2-4H,1H3,(H,15,20)(H,18,19). The molecule has 1 heterocycles. The number of aromatic nitrogens is 2. The molecule has 0 saturated carbocycles. The molecule has 0 aliphatic rings. The molecule has 2 aromatic rings. The third-order valence-corrected chi connectivity index (χ3v) is 2.58. The van der Waals surface area contributed by atoms with E-state index in [0.717, 1.165) is 6.07 Å². The maximum atomic E-state index is 13.7. The molecule has 0 spiro atoms. The first-order valence-electron chi connectivity index (χ1n) is 5.37. The Labute approximate surface area is 109 Å². The molecular weight excluding hydrogens is 274 g/mol. The van der Waals surface area contributed by atoms with Gasteiger partial charge in [-0.25, -0.2) is 22.9 Å². The number of hydrogen-bond acceptors (Lipinski definition) is 3. The van der Waals surface area contributed by atoms with Crippen LogP contribution in [0, 0.1) is 18.6 Å². The third-order valence-electron chi connectivity index (χ3n) is 2.58. The molecule has 0 unspecified atom stereocenters. The SMILES string of the molecule is Cc1cc(=O)n(-c2cc(C(=O)O)c(F)cc2F)c(=O)[nH]1. The molecule has 20 heavy (non-hydrogen) atoms. The number of carbonyl (C=O) groups is 1. The van der Waals surface area contributed by atoms with Gasteiger partial charge in [0, 0.05) is 17.8 Å². The Bertz CT molecular complexity index is 792. The van der Waals surface area contributed by atoms with Gasteiger partial charge in [0.25, 0.3) is 5.56 Å². The van der Waals surface area contributed by atoms with Crippen LogP contribution in [0.2, 0.25) is 0 Å². The Morgan fingerprint density at radius 2 is 1.85 bits per heavy atom. The van der Waals surface area contributed by atoms with Crippen LogP contribution in [0.4, 0.5) is 8.78 Å². The predicted octanol–water partition coefficient (Wildman–Crippen LogP) is 0.811. The van der Waals surface area contributed by atoms with Gasteiger partial charge in [-0.15, -0.1) is 0 Å². The van der Waals surface area contributed by atoms with Crippen molar-refractivity contribution in [2.75, 3.05) is 0 Å². The zero-order valence-corrected chi connectivity index (χ0v) is 10.1. The first-order chi connectivity index (χ1) is 9.31. The zero-order valence-electron chi connectivity index (χ0n) is 10.1. The van der Waals surface area contributed by atoms with Crippen LogP contribution in [0.15, 0.2) is 27.8 Å². The van der Waals surface area contributed by atoms with E-state index in [1.807, 2.05) is 0 Å². The van der Waals surface area contributed by atoms with E-state index in [4.69, 9.17) is 5.11 Å². The van der Waals surface area contributed by atoms with Crippen LogP contribution in [0.1, 0.15) is 16.1 Å².